The summed E-state index contributed by atoms with van der Waals surface area (Å²) in [6.07, 6.45) is 3.88. The van der Waals surface area contributed by atoms with E-state index in [0.717, 1.165) is 24.8 Å². The number of nitrogens with zero attached hydrogens (tertiary/aromatic N) is 1. The van der Waals surface area contributed by atoms with Crippen LogP contribution in [0.15, 0.2) is 60.7 Å². The van der Waals surface area contributed by atoms with Gasteiger partial charge < -0.3 is 18.9 Å². The second kappa shape index (κ2) is 11.5. The lowest BCUT2D eigenvalue weighted by atomic mass is 9.65. The third-order valence-corrected chi connectivity index (χ3v) is 7.92. The van der Waals surface area contributed by atoms with Crippen molar-refractivity contribution in [2.24, 2.45) is 17.8 Å². The van der Waals surface area contributed by atoms with Crippen molar-refractivity contribution < 1.29 is 28.5 Å². The predicted molar refractivity (Wildman–Crippen MR) is 150 cm³/mol. The van der Waals surface area contributed by atoms with Gasteiger partial charge in [0.2, 0.25) is 0 Å². The van der Waals surface area contributed by atoms with Gasteiger partial charge >= 0.3 is 17.3 Å². The second-order valence-corrected chi connectivity index (χ2v) is 12.2. The molecule has 0 N–H and O–H groups in total. The average Bonchev–Trinajstić information content (AvgIpc) is 3.72. The molecule has 2 aliphatic heterocycles. The molecule has 2 aromatic carbocycles. The Kier molecular flexibility index (Phi) is 8.12. The van der Waals surface area contributed by atoms with Gasteiger partial charge in [0.15, 0.2) is 0 Å². The highest BCUT2D eigenvalue weighted by Crippen LogP contribution is 2.50. The lowest BCUT2D eigenvalue weighted by Crippen LogP contribution is -2.69. The lowest BCUT2D eigenvalue weighted by molar-refractivity contribution is -0.176. The molecule has 2 saturated carbocycles. The molecular weight excluding hydrogens is 514 g/mol. The van der Waals surface area contributed by atoms with E-state index in [-0.39, 0.29) is 35.8 Å². The van der Waals surface area contributed by atoms with Crippen LogP contribution in [0.5, 0.6) is 5.75 Å². The Hall–Kier alpha value is -3.13. The minimum Gasteiger partial charge on any atom is -0.459 e. The third kappa shape index (κ3) is 6.72. The lowest BCUT2D eigenvalue weighted by Gasteiger charge is -2.56. The van der Waals surface area contributed by atoms with E-state index in [1.54, 1.807) is 4.90 Å². The van der Waals surface area contributed by atoms with Crippen molar-refractivity contribution >= 4 is 29.5 Å². The van der Waals surface area contributed by atoms with E-state index >= 15 is 0 Å². The maximum atomic E-state index is 13.7. The molecule has 0 aromatic heterocycles. The van der Waals surface area contributed by atoms with Crippen LogP contribution < -0.4 is 4.74 Å². The Morgan fingerprint density at radius 1 is 0.949 bits per heavy atom. The van der Waals surface area contributed by atoms with Gasteiger partial charge in [0.25, 0.3) is 0 Å². The Balaban J connectivity index is 1.41. The van der Waals surface area contributed by atoms with Crippen molar-refractivity contribution in [3.05, 3.63) is 66.2 Å². The fourth-order valence-electron chi connectivity index (χ4n) is 5.96. The van der Waals surface area contributed by atoms with Crippen molar-refractivity contribution in [2.75, 3.05) is 0 Å². The number of piperidine rings is 2. The minimum absolute atomic E-state index is 0.0132. The zero-order valence-corrected chi connectivity index (χ0v) is 23.6. The molecule has 1 amide bonds. The van der Waals surface area contributed by atoms with Crippen LogP contribution in [-0.2, 0) is 25.6 Å². The first kappa shape index (κ1) is 27.4. The minimum atomic E-state index is -0.831. The van der Waals surface area contributed by atoms with Crippen molar-refractivity contribution in [3.8, 4) is 5.75 Å². The highest BCUT2D eigenvalue weighted by Gasteiger charge is 2.60. The maximum Gasteiger partial charge on any atom is 0.411 e. The molecule has 6 rings (SSSR count). The Bertz CT molecular complexity index is 1160. The summed E-state index contributed by atoms with van der Waals surface area (Å²) in [5, 5.41) is 0.0276. The van der Waals surface area contributed by atoms with Crippen molar-refractivity contribution in [2.45, 2.75) is 83.3 Å². The van der Waals surface area contributed by atoms with Gasteiger partial charge in [-0.05, 0) is 63.6 Å². The number of fused-ring (bicyclic) bond motifs is 3. The molecule has 2 aliphatic carbocycles. The van der Waals surface area contributed by atoms with Gasteiger partial charge in [0.05, 0.1) is 0 Å². The molecule has 4 aliphatic rings. The molecule has 4 fully saturated rings. The molecule has 5 atom stereocenters. The molecule has 2 bridgehead atoms. The van der Waals surface area contributed by atoms with E-state index in [0.29, 0.717) is 11.7 Å². The zero-order valence-electron chi connectivity index (χ0n) is 22.8. The van der Waals surface area contributed by atoms with Gasteiger partial charge in [-0.2, -0.15) is 0 Å². The average molecular weight is 552 g/mol. The molecule has 0 spiro atoms. The summed E-state index contributed by atoms with van der Waals surface area (Å²) in [4.78, 5) is 29.0. The number of hydrogen-bond donors (Lipinski definition) is 0. The van der Waals surface area contributed by atoms with E-state index in [1.165, 1.54) is 12.8 Å². The van der Waals surface area contributed by atoms with Crippen LogP contribution >= 0.6 is 12.2 Å². The first-order chi connectivity index (χ1) is 18.7. The van der Waals surface area contributed by atoms with Gasteiger partial charge in [0, 0.05) is 30.1 Å². The second-order valence-electron chi connectivity index (χ2n) is 11.8. The summed E-state index contributed by atoms with van der Waals surface area (Å²) >= 11 is 5.52. The Morgan fingerprint density at radius 3 is 2.26 bits per heavy atom. The van der Waals surface area contributed by atoms with Crippen LogP contribution in [-0.4, -0.2) is 46.0 Å². The van der Waals surface area contributed by atoms with Crippen LogP contribution in [0.2, 0.25) is 0 Å². The van der Waals surface area contributed by atoms with E-state index in [1.807, 2.05) is 81.4 Å². The molecule has 39 heavy (non-hydrogen) atoms. The predicted octanol–water partition coefficient (Wildman–Crippen LogP) is 6.29. The number of esters is 1. The van der Waals surface area contributed by atoms with Crippen LogP contribution in [0.1, 0.15) is 58.4 Å². The van der Waals surface area contributed by atoms with E-state index < -0.39 is 23.7 Å². The highest BCUT2D eigenvalue weighted by atomic mass is 32.1. The fraction of sp³-hybridized carbons (Fsp3) is 0.516. The van der Waals surface area contributed by atoms with E-state index in [4.69, 9.17) is 31.2 Å². The first-order valence-corrected chi connectivity index (χ1v) is 14.3. The third-order valence-electron chi connectivity index (χ3n) is 7.75. The summed E-state index contributed by atoms with van der Waals surface area (Å²) in [7, 11) is 0. The molecule has 0 radical (unpaired) electrons. The normalized spacial score (nSPS) is 26.0. The molecule has 8 heteroatoms. The number of carbonyl (C=O) groups excluding carboxylic acids is 2. The van der Waals surface area contributed by atoms with Gasteiger partial charge in [0.1, 0.15) is 30.1 Å². The number of hydrogen-bond acceptors (Lipinski definition) is 7. The van der Waals surface area contributed by atoms with Crippen molar-refractivity contribution in [3.63, 3.8) is 0 Å². The summed E-state index contributed by atoms with van der Waals surface area (Å²) in [5.41, 5.74) is 0.187. The molecule has 2 aromatic rings. The fourth-order valence-corrected chi connectivity index (χ4v) is 6.17. The zero-order chi connectivity index (χ0) is 27.6. The van der Waals surface area contributed by atoms with Crippen LogP contribution in [0.3, 0.4) is 0 Å². The van der Waals surface area contributed by atoms with Crippen LogP contribution in [0, 0.1) is 17.8 Å². The number of ether oxygens (including phenoxy) is 4. The Labute approximate surface area is 235 Å². The molecule has 7 nitrogen and oxygen atoms in total. The summed E-state index contributed by atoms with van der Waals surface area (Å²) in [6.45, 7) is 5.64. The number of rotatable bonds is 7. The van der Waals surface area contributed by atoms with Gasteiger partial charge in [-0.1, -0.05) is 61.4 Å². The molecule has 2 heterocycles. The summed E-state index contributed by atoms with van der Waals surface area (Å²) in [5.74, 6) is 0.448. The number of thiocarbonyl (C=S) groups is 1. The largest absolute Gasteiger partial charge is 0.459 e. The smallest absolute Gasteiger partial charge is 0.411 e. The molecule has 208 valence electrons. The SMILES string of the molecule is CC(C)(C)OC(=O)N1[C@H](C(=O)OCc2ccccc2)[C@@H]2CC[C@H]1[C@H](CC1CC1)[C@H]2OC(=S)Oc1ccccc1. The summed E-state index contributed by atoms with van der Waals surface area (Å²) in [6, 6.07) is 17.8. The van der Waals surface area contributed by atoms with Gasteiger partial charge in [-0.15, -0.1) is 0 Å². The van der Waals surface area contributed by atoms with Gasteiger partial charge in [-0.25, -0.2) is 9.59 Å². The number of benzene rings is 2. The molecule has 0 unspecified atom stereocenters. The highest BCUT2D eigenvalue weighted by molar-refractivity contribution is 7.79. The van der Waals surface area contributed by atoms with Crippen molar-refractivity contribution in [1.29, 1.82) is 0 Å². The van der Waals surface area contributed by atoms with Crippen molar-refractivity contribution in [1.82, 2.24) is 4.90 Å². The monoisotopic (exact) mass is 551 g/mol. The topological polar surface area (TPSA) is 74.3 Å². The molecular formula is C31H37NO6S. The van der Waals surface area contributed by atoms with E-state index in [2.05, 4.69) is 0 Å². The first-order valence-electron chi connectivity index (χ1n) is 13.8. The van der Waals surface area contributed by atoms with Crippen LogP contribution in [0.25, 0.3) is 0 Å². The number of carbonyl (C=O) groups is 2. The Morgan fingerprint density at radius 2 is 1.62 bits per heavy atom. The van der Waals surface area contributed by atoms with E-state index in [9.17, 15) is 9.59 Å². The maximum absolute atomic E-state index is 13.7. The quantitative estimate of drug-likeness (QED) is 0.296. The number of para-hydroxylation sites is 1. The number of amides is 1. The standard InChI is InChI=1S/C31H37NO6S/c1-31(2,3)38-29(34)32-25-17-16-23(26(32)28(33)35-19-21-10-6-4-7-11-21)27(24(25)18-20-14-15-20)37-30(39)36-22-12-8-5-9-13-22/h4-13,20,23-27H,14-19H2,1-3H3/t23-,24-,25-,26-,27-/m0/s1. The van der Waals surface area contributed by atoms with Crippen LogP contribution in [0.4, 0.5) is 4.79 Å². The molecule has 2 saturated heterocycles. The van der Waals surface area contributed by atoms with Gasteiger partial charge in [-0.3, -0.25) is 4.90 Å². The summed E-state index contributed by atoms with van der Waals surface area (Å²) < 4.78 is 23.8.